The van der Waals surface area contributed by atoms with E-state index in [1.165, 1.54) is 0 Å². The van der Waals surface area contributed by atoms with E-state index in [4.69, 9.17) is 0 Å². The molecule has 1 fully saturated rings. The van der Waals surface area contributed by atoms with Gasteiger partial charge in [-0.15, -0.1) is 0 Å². The molecular weight excluding hydrogens is 264 g/mol. The van der Waals surface area contributed by atoms with Gasteiger partial charge in [0.2, 0.25) is 0 Å². The first-order valence-corrected chi connectivity index (χ1v) is 5.53. The Labute approximate surface area is 94.3 Å². The molecule has 1 nitrogen and oxygen atoms in total. The van der Waals surface area contributed by atoms with E-state index in [-0.39, 0.29) is 12.8 Å². The Morgan fingerprint density at radius 3 is 2.67 bits per heavy atom. The van der Waals surface area contributed by atoms with E-state index >= 15 is 0 Å². The van der Waals surface area contributed by atoms with Gasteiger partial charge in [0.05, 0.1) is 5.69 Å². The van der Waals surface area contributed by atoms with Crippen LogP contribution < -0.4 is 0 Å². The van der Waals surface area contributed by atoms with Crippen molar-refractivity contribution in [3.8, 4) is 0 Å². The molecule has 2 aliphatic rings. The summed E-state index contributed by atoms with van der Waals surface area (Å²) in [4.78, 5) is 4.20. The number of benzene rings is 1. The van der Waals surface area contributed by atoms with E-state index < -0.39 is 11.3 Å². The number of rotatable bonds is 0. The third-order valence-electron chi connectivity index (χ3n) is 3.09. The molecule has 0 saturated heterocycles. The lowest BCUT2D eigenvalue weighted by molar-refractivity contribution is -0.103. The van der Waals surface area contributed by atoms with E-state index in [1.54, 1.807) is 6.21 Å². The van der Waals surface area contributed by atoms with E-state index in [1.807, 2.05) is 18.2 Å². The Bertz CT molecular complexity index is 460. The standard InChI is InChI=1S/C11H8BrF2N/c12-7-1-2-9-8(3-7)10(6-15-9)4-11(13,14)5-10/h1-3,6H,4-5H2. The molecule has 1 spiro atoms. The van der Waals surface area contributed by atoms with Crippen LogP contribution in [0.1, 0.15) is 18.4 Å². The van der Waals surface area contributed by atoms with Crippen molar-refractivity contribution < 1.29 is 8.78 Å². The maximum Gasteiger partial charge on any atom is 0.250 e. The van der Waals surface area contributed by atoms with Gasteiger partial charge in [0, 0.05) is 28.9 Å². The van der Waals surface area contributed by atoms with Crippen LogP contribution in [-0.2, 0) is 5.41 Å². The number of nitrogens with zero attached hydrogens (tertiary/aromatic N) is 1. The highest BCUT2D eigenvalue weighted by Gasteiger charge is 2.58. The second-order valence-electron chi connectivity index (χ2n) is 4.29. The Balaban J connectivity index is 2.06. The smallest absolute Gasteiger partial charge is 0.250 e. The summed E-state index contributed by atoms with van der Waals surface area (Å²) in [5, 5.41) is 0. The van der Waals surface area contributed by atoms with Crippen LogP contribution in [0.25, 0.3) is 0 Å². The van der Waals surface area contributed by atoms with Crippen LogP contribution in [0.5, 0.6) is 0 Å². The van der Waals surface area contributed by atoms with Crippen molar-refractivity contribution in [2.24, 2.45) is 4.99 Å². The van der Waals surface area contributed by atoms with Crippen LogP contribution in [0.3, 0.4) is 0 Å². The molecule has 1 saturated carbocycles. The minimum atomic E-state index is -2.52. The van der Waals surface area contributed by atoms with Crippen LogP contribution >= 0.6 is 15.9 Å². The minimum absolute atomic E-state index is 0.104. The SMILES string of the molecule is FC1(F)CC2(C=Nc3ccc(Br)cc32)C1. The van der Waals surface area contributed by atoms with Gasteiger partial charge < -0.3 is 0 Å². The van der Waals surface area contributed by atoms with E-state index in [2.05, 4.69) is 20.9 Å². The number of halogens is 3. The Morgan fingerprint density at radius 1 is 1.27 bits per heavy atom. The fourth-order valence-electron chi connectivity index (χ4n) is 2.44. The predicted octanol–water partition coefficient (Wildman–Crippen LogP) is 3.83. The van der Waals surface area contributed by atoms with Crippen LogP contribution in [0, 0.1) is 0 Å². The van der Waals surface area contributed by atoms with Gasteiger partial charge >= 0.3 is 0 Å². The minimum Gasteiger partial charge on any atom is -0.260 e. The molecule has 1 aromatic rings. The molecule has 0 bridgehead atoms. The van der Waals surface area contributed by atoms with Gasteiger partial charge in [-0.2, -0.15) is 0 Å². The lowest BCUT2D eigenvalue weighted by atomic mass is 9.63. The predicted molar refractivity (Wildman–Crippen MR) is 58.2 cm³/mol. The van der Waals surface area contributed by atoms with Crippen LogP contribution in [0.2, 0.25) is 0 Å². The molecule has 4 heteroatoms. The Hall–Kier alpha value is -0.770. The highest BCUT2D eigenvalue weighted by molar-refractivity contribution is 9.10. The molecule has 1 heterocycles. The monoisotopic (exact) mass is 271 g/mol. The average Bonchev–Trinajstić information content (AvgIpc) is 2.43. The fourth-order valence-corrected chi connectivity index (χ4v) is 2.80. The maximum atomic E-state index is 13.0. The second kappa shape index (κ2) is 2.67. The molecule has 1 aromatic carbocycles. The molecule has 0 atom stereocenters. The molecule has 1 aliphatic carbocycles. The lowest BCUT2D eigenvalue weighted by Gasteiger charge is -2.43. The zero-order chi connectivity index (χ0) is 10.7. The molecule has 78 valence electrons. The van der Waals surface area contributed by atoms with Gasteiger partial charge in [0.1, 0.15) is 0 Å². The van der Waals surface area contributed by atoms with Gasteiger partial charge in [0.15, 0.2) is 0 Å². The Morgan fingerprint density at radius 2 is 2.00 bits per heavy atom. The second-order valence-corrected chi connectivity index (χ2v) is 5.20. The van der Waals surface area contributed by atoms with Gasteiger partial charge in [-0.1, -0.05) is 15.9 Å². The lowest BCUT2D eigenvalue weighted by Crippen LogP contribution is -2.49. The highest BCUT2D eigenvalue weighted by Crippen LogP contribution is 2.57. The molecule has 0 aromatic heterocycles. The zero-order valence-corrected chi connectivity index (χ0v) is 9.39. The third kappa shape index (κ3) is 1.27. The van der Waals surface area contributed by atoms with Gasteiger partial charge in [-0.25, -0.2) is 8.78 Å². The first kappa shape index (κ1) is 9.46. The van der Waals surface area contributed by atoms with Gasteiger partial charge in [0.25, 0.3) is 5.92 Å². The van der Waals surface area contributed by atoms with E-state index in [0.717, 1.165) is 15.7 Å². The summed E-state index contributed by atoms with van der Waals surface area (Å²) in [6, 6.07) is 5.64. The Kier molecular flexibility index (Phi) is 1.68. The summed E-state index contributed by atoms with van der Waals surface area (Å²) in [6.45, 7) is 0. The normalized spacial score (nSPS) is 23.9. The van der Waals surface area contributed by atoms with Gasteiger partial charge in [-0.3, -0.25) is 4.99 Å². The van der Waals surface area contributed by atoms with Gasteiger partial charge in [-0.05, 0) is 23.8 Å². The van der Waals surface area contributed by atoms with Crippen molar-refractivity contribution in [2.45, 2.75) is 24.2 Å². The number of hydrogen-bond donors (Lipinski definition) is 0. The van der Waals surface area contributed by atoms with E-state index in [0.29, 0.717) is 0 Å². The molecule has 1 aliphatic heterocycles. The summed E-state index contributed by atoms with van der Waals surface area (Å²) in [5.41, 5.74) is 1.26. The largest absolute Gasteiger partial charge is 0.260 e. The molecular formula is C11H8BrF2N. The summed E-state index contributed by atoms with van der Waals surface area (Å²) in [7, 11) is 0. The van der Waals surface area contributed by atoms with Crippen molar-refractivity contribution in [1.82, 2.24) is 0 Å². The summed E-state index contributed by atoms with van der Waals surface area (Å²) >= 11 is 3.36. The molecule has 0 N–H and O–H groups in total. The number of alkyl halides is 2. The van der Waals surface area contributed by atoms with Crippen molar-refractivity contribution in [2.75, 3.05) is 0 Å². The molecule has 0 radical (unpaired) electrons. The molecule has 15 heavy (non-hydrogen) atoms. The number of fused-ring (bicyclic) bond motifs is 2. The van der Waals surface area contributed by atoms with Crippen molar-refractivity contribution in [1.29, 1.82) is 0 Å². The number of hydrogen-bond acceptors (Lipinski definition) is 1. The molecule has 0 unspecified atom stereocenters. The van der Waals surface area contributed by atoms with E-state index in [9.17, 15) is 8.78 Å². The average molecular weight is 272 g/mol. The quantitative estimate of drug-likeness (QED) is 0.680. The van der Waals surface area contributed by atoms with Crippen molar-refractivity contribution >= 4 is 27.8 Å². The fraction of sp³-hybridized carbons (Fsp3) is 0.364. The van der Waals surface area contributed by atoms with Crippen LogP contribution in [0.15, 0.2) is 27.7 Å². The molecule has 0 amide bonds. The third-order valence-corrected chi connectivity index (χ3v) is 3.59. The maximum absolute atomic E-state index is 13.0. The van der Waals surface area contributed by atoms with Crippen molar-refractivity contribution in [3.05, 3.63) is 28.2 Å². The van der Waals surface area contributed by atoms with Crippen molar-refractivity contribution in [3.63, 3.8) is 0 Å². The molecule has 3 rings (SSSR count). The zero-order valence-electron chi connectivity index (χ0n) is 7.80. The highest BCUT2D eigenvalue weighted by atomic mass is 79.9. The first-order valence-electron chi connectivity index (χ1n) is 4.74. The topological polar surface area (TPSA) is 12.4 Å². The first-order chi connectivity index (χ1) is 7.01. The summed E-state index contributed by atoms with van der Waals surface area (Å²) < 4.78 is 26.8. The summed E-state index contributed by atoms with van der Waals surface area (Å²) in [6.07, 6.45) is 1.47. The number of aliphatic imine (C=N–C) groups is 1. The summed E-state index contributed by atoms with van der Waals surface area (Å²) in [5.74, 6) is -2.52. The van der Waals surface area contributed by atoms with Crippen LogP contribution in [-0.4, -0.2) is 12.1 Å². The van der Waals surface area contributed by atoms with Crippen LogP contribution in [0.4, 0.5) is 14.5 Å².